The van der Waals surface area contributed by atoms with Gasteiger partial charge in [0.25, 0.3) is 0 Å². The summed E-state index contributed by atoms with van der Waals surface area (Å²) in [7, 11) is 3.20. The molecule has 1 aromatic heterocycles. The Morgan fingerprint density at radius 2 is 1.79 bits per heavy atom. The normalized spacial score (nSPS) is 22.6. The van der Waals surface area contributed by atoms with Gasteiger partial charge in [0.15, 0.2) is 0 Å². The number of urea groups is 1. The molecule has 3 unspecified atom stereocenters. The largest absolute Gasteiger partial charge is 0.497 e. The quantitative estimate of drug-likeness (QED) is 0.591. The average molecular weight is 466 g/mol. The van der Waals surface area contributed by atoms with E-state index in [0.717, 1.165) is 28.5 Å². The molecular formula is C25H24ClN3O4. The number of aromatic nitrogens is 1. The van der Waals surface area contributed by atoms with Crippen molar-refractivity contribution in [2.45, 2.75) is 31.2 Å². The lowest BCUT2D eigenvalue weighted by Crippen LogP contribution is -2.61. The highest BCUT2D eigenvalue weighted by Gasteiger charge is 2.45. The van der Waals surface area contributed by atoms with Gasteiger partial charge in [0.1, 0.15) is 11.5 Å². The number of pyridine rings is 1. The number of ether oxygens (including phenoxy) is 2. The Labute approximate surface area is 196 Å². The smallest absolute Gasteiger partial charge is 0.329 e. The molecule has 5 rings (SSSR count). The second kappa shape index (κ2) is 8.56. The highest BCUT2D eigenvalue weighted by Crippen LogP contribution is 2.43. The van der Waals surface area contributed by atoms with Gasteiger partial charge in [0.2, 0.25) is 5.91 Å². The number of fused-ring (bicyclic) bond motifs is 2. The molecule has 1 saturated heterocycles. The van der Waals surface area contributed by atoms with Crippen LogP contribution in [0.2, 0.25) is 5.02 Å². The van der Waals surface area contributed by atoms with Gasteiger partial charge in [0.05, 0.1) is 32.0 Å². The number of nitrogens with one attached hydrogen (secondary N) is 1. The van der Waals surface area contributed by atoms with Gasteiger partial charge in [-0.1, -0.05) is 11.6 Å². The van der Waals surface area contributed by atoms with Crippen LogP contribution in [0.5, 0.6) is 11.5 Å². The Morgan fingerprint density at radius 3 is 2.58 bits per heavy atom. The van der Waals surface area contributed by atoms with Gasteiger partial charge in [-0.15, -0.1) is 0 Å². The summed E-state index contributed by atoms with van der Waals surface area (Å²) in [4.78, 5) is 32.2. The molecule has 8 heteroatoms. The molecule has 0 spiro atoms. The van der Waals surface area contributed by atoms with Crippen LogP contribution in [0.15, 0.2) is 48.8 Å². The Hall–Kier alpha value is -3.32. The molecule has 170 valence electrons. The number of halogens is 1. The predicted octanol–water partition coefficient (Wildman–Crippen LogP) is 4.91. The first-order valence-electron chi connectivity index (χ1n) is 10.9. The number of nitrogens with zero attached hydrogens (tertiary/aromatic N) is 2. The first-order valence-corrected chi connectivity index (χ1v) is 11.3. The van der Waals surface area contributed by atoms with Crippen LogP contribution in [0.25, 0.3) is 10.8 Å². The molecule has 2 aromatic carbocycles. The van der Waals surface area contributed by atoms with Gasteiger partial charge in [0, 0.05) is 28.0 Å². The van der Waals surface area contributed by atoms with Gasteiger partial charge in [-0.25, -0.2) is 9.69 Å². The molecule has 0 radical (unpaired) electrons. The second-order valence-corrected chi connectivity index (χ2v) is 8.89. The zero-order valence-corrected chi connectivity index (χ0v) is 19.1. The number of hydrogen-bond acceptors (Lipinski definition) is 5. The molecule has 33 heavy (non-hydrogen) atoms. The van der Waals surface area contributed by atoms with Crippen LogP contribution >= 0.6 is 11.6 Å². The number of methoxy groups -OCH3 is 2. The van der Waals surface area contributed by atoms with E-state index in [1.807, 2.05) is 36.4 Å². The summed E-state index contributed by atoms with van der Waals surface area (Å²) in [5.41, 5.74) is 1.45. The minimum absolute atomic E-state index is 0.136. The van der Waals surface area contributed by atoms with Crippen molar-refractivity contribution in [3.8, 4) is 11.5 Å². The van der Waals surface area contributed by atoms with E-state index in [1.54, 1.807) is 26.6 Å². The van der Waals surface area contributed by atoms with Crippen molar-refractivity contribution >= 4 is 40.0 Å². The van der Waals surface area contributed by atoms with Crippen LogP contribution in [0, 0.1) is 5.92 Å². The van der Waals surface area contributed by atoms with Crippen LogP contribution < -0.4 is 19.7 Å². The Bertz CT molecular complexity index is 1250. The van der Waals surface area contributed by atoms with Gasteiger partial charge in [-0.05, 0) is 67.1 Å². The molecule has 1 saturated carbocycles. The fourth-order valence-electron chi connectivity index (χ4n) is 5.02. The molecular weight excluding hydrogens is 442 g/mol. The van der Waals surface area contributed by atoms with E-state index in [4.69, 9.17) is 21.1 Å². The first-order chi connectivity index (χ1) is 16.0. The van der Waals surface area contributed by atoms with Crippen LogP contribution in [0.1, 0.15) is 30.7 Å². The number of carbonyl (C=O) groups is 2. The fourth-order valence-corrected chi connectivity index (χ4v) is 5.29. The van der Waals surface area contributed by atoms with Crippen molar-refractivity contribution in [3.63, 3.8) is 0 Å². The minimum atomic E-state index is -0.434. The molecule has 3 atom stereocenters. The van der Waals surface area contributed by atoms with E-state index in [0.29, 0.717) is 29.3 Å². The number of amides is 3. The zero-order valence-electron chi connectivity index (χ0n) is 18.4. The second-order valence-electron chi connectivity index (χ2n) is 8.48. The fraction of sp³-hybridized carbons (Fsp3) is 0.320. The van der Waals surface area contributed by atoms with E-state index in [-0.39, 0.29) is 23.8 Å². The van der Waals surface area contributed by atoms with Crippen molar-refractivity contribution in [1.29, 1.82) is 0 Å². The minimum Gasteiger partial charge on any atom is -0.497 e. The summed E-state index contributed by atoms with van der Waals surface area (Å²) >= 11 is 6.47. The maximum absolute atomic E-state index is 13.5. The molecule has 1 aliphatic heterocycles. The van der Waals surface area contributed by atoms with Gasteiger partial charge in [-0.2, -0.15) is 0 Å². The van der Waals surface area contributed by atoms with E-state index >= 15 is 0 Å². The maximum atomic E-state index is 13.5. The number of imide groups is 1. The number of carbonyl (C=O) groups excluding carboxylic acids is 2. The van der Waals surface area contributed by atoms with Crippen molar-refractivity contribution < 1.29 is 19.1 Å². The zero-order chi connectivity index (χ0) is 23.1. The molecule has 1 aliphatic carbocycles. The summed E-state index contributed by atoms with van der Waals surface area (Å²) in [6.07, 6.45) is 5.35. The topological polar surface area (TPSA) is 80.8 Å². The summed E-state index contributed by atoms with van der Waals surface area (Å²) in [6.45, 7) is 0. The summed E-state index contributed by atoms with van der Waals surface area (Å²) < 4.78 is 10.7. The molecule has 1 N–H and O–H groups in total. The monoisotopic (exact) mass is 465 g/mol. The molecule has 2 fully saturated rings. The third-order valence-corrected chi connectivity index (χ3v) is 7.07. The van der Waals surface area contributed by atoms with Crippen molar-refractivity contribution in [3.05, 3.63) is 59.4 Å². The van der Waals surface area contributed by atoms with Crippen LogP contribution in [-0.2, 0) is 4.79 Å². The Balaban J connectivity index is 1.44. The third kappa shape index (κ3) is 3.76. The number of benzene rings is 2. The molecule has 2 heterocycles. The van der Waals surface area contributed by atoms with Crippen molar-refractivity contribution in [2.75, 3.05) is 19.1 Å². The highest BCUT2D eigenvalue weighted by atomic mass is 35.5. The SMILES string of the molecule is COc1ccc(Cl)c(C2CCC3C(=O)N(c4cncc5ccc(OC)cc45)C(=O)NC3C2)c1. The molecule has 7 nitrogen and oxygen atoms in total. The predicted molar refractivity (Wildman–Crippen MR) is 126 cm³/mol. The summed E-state index contributed by atoms with van der Waals surface area (Å²) in [5.74, 6) is 1.02. The van der Waals surface area contributed by atoms with Crippen LogP contribution in [0.4, 0.5) is 10.5 Å². The standard InChI is InChI=1S/C25H24ClN3O4/c1-32-16-5-3-15-12-27-13-23(20(15)11-16)29-24(30)18-7-4-14(9-22(18)28-25(29)31)19-10-17(33-2)6-8-21(19)26/h3,5-6,8,10-14,18,22H,4,7,9H2,1-2H3,(H,28,31). The van der Waals surface area contributed by atoms with Gasteiger partial charge >= 0.3 is 6.03 Å². The summed E-state index contributed by atoms with van der Waals surface area (Å²) in [6, 6.07) is 10.4. The van der Waals surface area contributed by atoms with E-state index < -0.39 is 6.03 Å². The lowest BCUT2D eigenvalue weighted by Gasteiger charge is -2.42. The number of rotatable bonds is 4. The lowest BCUT2D eigenvalue weighted by atomic mass is 9.74. The van der Waals surface area contributed by atoms with E-state index in [1.165, 1.54) is 4.90 Å². The van der Waals surface area contributed by atoms with Crippen molar-refractivity contribution in [1.82, 2.24) is 10.3 Å². The highest BCUT2D eigenvalue weighted by molar-refractivity contribution is 6.31. The van der Waals surface area contributed by atoms with Crippen molar-refractivity contribution in [2.24, 2.45) is 5.92 Å². The molecule has 3 amide bonds. The first kappa shape index (κ1) is 21.5. The summed E-state index contributed by atoms with van der Waals surface area (Å²) in [5, 5.41) is 5.31. The van der Waals surface area contributed by atoms with Gasteiger partial charge in [-0.3, -0.25) is 9.78 Å². The molecule has 3 aromatic rings. The van der Waals surface area contributed by atoms with E-state index in [2.05, 4.69) is 10.3 Å². The Morgan fingerprint density at radius 1 is 1.03 bits per heavy atom. The number of hydrogen-bond donors (Lipinski definition) is 1. The van der Waals surface area contributed by atoms with Crippen LogP contribution in [0.3, 0.4) is 0 Å². The maximum Gasteiger partial charge on any atom is 0.329 e. The lowest BCUT2D eigenvalue weighted by molar-refractivity contribution is -0.124. The Kier molecular flexibility index (Phi) is 5.58. The number of anilines is 1. The van der Waals surface area contributed by atoms with Gasteiger partial charge < -0.3 is 14.8 Å². The average Bonchev–Trinajstić information content (AvgIpc) is 2.83. The molecule has 0 bridgehead atoms. The molecule has 2 aliphatic rings. The van der Waals surface area contributed by atoms with Crippen LogP contribution in [-0.4, -0.2) is 37.2 Å². The van der Waals surface area contributed by atoms with E-state index in [9.17, 15) is 9.59 Å². The third-order valence-electron chi connectivity index (χ3n) is 6.73.